The lowest BCUT2D eigenvalue weighted by Crippen LogP contribution is -2.16. The van der Waals surface area contributed by atoms with Crippen molar-refractivity contribution in [3.05, 3.63) is 24.3 Å². The molecule has 38 heavy (non-hydrogen) atoms. The third-order valence-corrected chi connectivity index (χ3v) is 4.33. The summed E-state index contributed by atoms with van der Waals surface area (Å²) in [6, 6.07) is 7.27. The Hall–Kier alpha value is -3.06. The summed E-state index contributed by atoms with van der Waals surface area (Å²) >= 11 is 0. The number of rotatable bonds is 24. The molecule has 0 aliphatic carbocycles. The molecule has 0 bridgehead atoms. The van der Waals surface area contributed by atoms with Gasteiger partial charge in [-0.15, -0.1) is 0 Å². The third kappa shape index (κ3) is 19.1. The molecule has 0 saturated carbocycles. The Morgan fingerprint density at radius 2 is 0.816 bits per heavy atom. The Labute approximate surface area is 222 Å². The molecule has 214 valence electrons. The lowest BCUT2D eigenvalue weighted by molar-refractivity contribution is -0.148. The lowest BCUT2D eigenvalue weighted by Gasteiger charge is -2.13. The van der Waals surface area contributed by atoms with Crippen LogP contribution in [0.2, 0.25) is 0 Å². The van der Waals surface area contributed by atoms with Crippen molar-refractivity contribution in [2.45, 2.75) is 26.7 Å². The van der Waals surface area contributed by atoms with E-state index >= 15 is 0 Å². The summed E-state index contributed by atoms with van der Waals surface area (Å²) in [6.07, 6.45) is -0.455. The van der Waals surface area contributed by atoms with E-state index in [-0.39, 0.29) is 50.8 Å². The predicted molar refractivity (Wildman–Crippen MR) is 133 cm³/mol. The normalized spacial score (nSPS) is 10.6. The van der Waals surface area contributed by atoms with E-state index < -0.39 is 11.9 Å². The van der Waals surface area contributed by atoms with Crippen molar-refractivity contribution in [1.29, 1.82) is 0 Å². The molecular formula is C26H38O12. The third-order valence-electron chi connectivity index (χ3n) is 4.33. The van der Waals surface area contributed by atoms with Crippen LogP contribution < -0.4 is 9.47 Å². The van der Waals surface area contributed by atoms with Crippen LogP contribution in [0.25, 0.3) is 0 Å². The first-order chi connectivity index (χ1) is 18.4. The summed E-state index contributed by atoms with van der Waals surface area (Å²) in [5.74, 6) is -0.424. The molecule has 0 atom stereocenters. The van der Waals surface area contributed by atoms with Gasteiger partial charge in [0.1, 0.15) is 50.8 Å². The molecule has 12 heteroatoms. The van der Waals surface area contributed by atoms with Gasteiger partial charge in [-0.3, -0.25) is 19.2 Å². The molecule has 0 spiro atoms. The van der Waals surface area contributed by atoms with E-state index in [0.717, 1.165) is 0 Å². The standard InChI is InChI=1S/C26H38O12/c1-21(27)19-25(29)37-17-13-33-9-7-31-11-15-35-23-5-3-4-6-24(23)36-16-12-32-8-10-34-14-18-38-26(30)20-22(2)28/h3-6H,7-20H2,1-2H3. The first-order valence-electron chi connectivity index (χ1n) is 12.3. The van der Waals surface area contributed by atoms with Crippen LogP contribution in [0.15, 0.2) is 24.3 Å². The van der Waals surface area contributed by atoms with Gasteiger partial charge in [-0.2, -0.15) is 0 Å². The molecule has 0 unspecified atom stereocenters. The van der Waals surface area contributed by atoms with Crippen LogP contribution in [0.4, 0.5) is 0 Å². The average molecular weight is 543 g/mol. The lowest BCUT2D eigenvalue weighted by atomic mass is 10.3. The van der Waals surface area contributed by atoms with Crippen LogP contribution in [-0.2, 0) is 47.6 Å². The van der Waals surface area contributed by atoms with Crippen LogP contribution in [0.1, 0.15) is 26.7 Å². The second-order valence-electron chi connectivity index (χ2n) is 7.79. The van der Waals surface area contributed by atoms with Gasteiger partial charge in [-0.1, -0.05) is 12.1 Å². The molecule has 0 heterocycles. The van der Waals surface area contributed by atoms with Gasteiger partial charge in [0.2, 0.25) is 0 Å². The van der Waals surface area contributed by atoms with Gasteiger partial charge in [0.15, 0.2) is 11.5 Å². The first-order valence-corrected chi connectivity index (χ1v) is 12.3. The van der Waals surface area contributed by atoms with Crippen molar-refractivity contribution in [2.24, 2.45) is 0 Å². The molecule has 0 radical (unpaired) electrons. The molecule has 0 aliphatic heterocycles. The fraction of sp³-hybridized carbons (Fsp3) is 0.615. The van der Waals surface area contributed by atoms with E-state index in [0.29, 0.717) is 64.4 Å². The zero-order valence-corrected chi connectivity index (χ0v) is 22.1. The van der Waals surface area contributed by atoms with Gasteiger partial charge in [0.05, 0.1) is 52.9 Å². The molecule has 0 saturated heterocycles. The Morgan fingerprint density at radius 1 is 0.500 bits per heavy atom. The molecule has 1 rings (SSSR count). The quantitative estimate of drug-likeness (QED) is 0.106. The fourth-order valence-corrected chi connectivity index (χ4v) is 2.69. The minimum Gasteiger partial charge on any atom is -0.487 e. The monoisotopic (exact) mass is 542 g/mol. The molecule has 0 amide bonds. The second-order valence-corrected chi connectivity index (χ2v) is 7.79. The molecule has 1 aromatic rings. The Morgan fingerprint density at radius 3 is 1.16 bits per heavy atom. The maximum absolute atomic E-state index is 11.2. The SMILES string of the molecule is CC(=O)CC(=O)OCCOCCOCCOc1ccccc1OCCOCCOCCOC(=O)CC(C)=O. The second kappa shape index (κ2) is 22.0. The van der Waals surface area contributed by atoms with Gasteiger partial charge in [-0.25, -0.2) is 0 Å². The van der Waals surface area contributed by atoms with E-state index in [9.17, 15) is 19.2 Å². The number of para-hydroxylation sites is 2. The molecule has 1 aromatic carbocycles. The fourth-order valence-electron chi connectivity index (χ4n) is 2.69. The number of hydrogen-bond donors (Lipinski definition) is 0. The molecule has 0 aromatic heterocycles. The van der Waals surface area contributed by atoms with E-state index in [1.165, 1.54) is 13.8 Å². The molecule has 0 fully saturated rings. The number of Topliss-reactive ketones (excluding diaryl/α,β-unsaturated/α-hetero) is 2. The maximum atomic E-state index is 11.2. The van der Waals surface area contributed by atoms with Crippen molar-refractivity contribution in [1.82, 2.24) is 0 Å². The molecule has 0 N–H and O–H groups in total. The van der Waals surface area contributed by atoms with Crippen LogP contribution in [-0.4, -0.2) is 103 Å². The molecule has 0 aliphatic rings. The van der Waals surface area contributed by atoms with Crippen molar-refractivity contribution >= 4 is 23.5 Å². The highest BCUT2D eigenvalue weighted by molar-refractivity contribution is 5.94. The predicted octanol–water partition coefficient (Wildman–Crippen LogP) is 1.56. The van der Waals surface area contributed by atoms with E-state index in [1.54, 1.807) is 12.1 Å². The Kier molecular flexibility index (Phi) is 19.1. The zero-order chi connectivity index (χ0) is 27.8. The Balaban J connectivity index is 2.01. The van der Waals surface area contributed by atoms with Gasteiger partial charge in [-0.05, 0) is 26.0 Å². The summed E-state index contributed by atoms with van der Waals surface area (Å²) in [6.45, 7) is 6.02. The highest BCUT2D eigenvalue weighted by atomic mass is 16.6. The topological polar surface area (TPSA) is 142 Å². The number of ether oxygens (including phenoxy) is 8. The van der Waals surface area contributed by atoms with Crippen LogP contribution >= 0.6 is 0 Å². The minimum absolute atomic E-state index is 0.0907. The van der Waals surface area contributed by atoms with E-state index in [4.69, 9.17) is 37.9 Å². The summed E-state index contributed by atoms with van der Waals surface area (Å²) in [5, 5.41) is 0. The zero-order valence-electron chi connectivity index (χ0n) is 22.1. The highest BCUT2D eigenvalue weighted by Gasteiger charge is 2.07. The number of hydrogen-bond acceptors (Lipinski definition) is 12. The number of benzene rings is 1. The molecular weight excluding hydrogens is 504 g/mol. The minimum atomic E-state index is -0.557. The van der Waals surface area contributed by atoms with E-state index in [2.05, 4.69) is 0 Å². The van der Waals surface area contributed by atoms with Crippen molar-refractivity contribution in [3.63, 3.8) is 0 Å². The smallest absolute Gasteiger partial charge is 0.313 e. The Bertz CT molecular complexity index is 759. The van der Waals surface area contributed by atoms with Gasteiger partial charge >= 0.3 is 11.9 Å². The van der Waals surface area contributed by atoms with Gasteiger partial charge in [0, 0.05) is 0 Å². The number of ketones is 2. The maximum Gasteiger partial charge on any atom is 0.313 e. The van der Waals surface area contributed by atoms with Crippen molar-refractivity contribution < 1.29 is 57.1 Å². The van der Waals surface area contributed by atoms with Crippen molar-refractivity contribution in [3.8, 4) is 11.5 Å². The van der Waals surface area contributed by atoms with E-state index in [1.807, 2.05) is 12.1 Å². The van der Waals surface area contributed by atoms with Gasteiger partial charge in [0.25, 0.3) is 0 Å². The van der Waals surface area contributed by atoms with Crippen LogP contribution in [0.3, 0.4) is 0 Å². The number of carbonyl (C=O) groups excluding carboxylic acids is 4. The summed E-state index contributed by atoms with van der Waals surface area (Å²) in [5.41, 5.74) is 0. The van der Waals surface area contributed by atoms with Crippen LogP contribution in [0, 0.1) is 0 Å². The van der Waals surface area contributed by atoms with Crippen molar-refractivity contribution in [2.75, 3.05) is 79.3 Å². The van der Waals surface area contributed by atoms with Gasteiger partial charge < -0.3 is 37.9 Å². The molecule has 12 nitrogen and oxygen atoms in total. The summed E-state index contributed by atoms with van der Waals surface area (Å²) in [7, 11) is 0. The first kappa shape index (κ1) is 33.0. The number of carbonyl (C=O) groups is 4. The summed E-state index contributed by atoms with van der Waals surface area (Å²) in [4.78, 5) is 44.0. The largest absolute Gasteiger partial charge is 0.487 e. The summed E-state index contributed by atoms with van der Waals surface area (Å²) < 4.78 is 42.6. The number of esters is 2. The average Bonchev–Trinajstić information content (AvgIpc) is 2.86. The van der Waals surface area contributed by atoms with Crippen LogP contribution in [0.5, 0.6) is 11.5 Å². The highest BCUT2D eigenvalue weighted by Crippen LogP contribution is 2.26.